The maximum atomic E-state index is 3.59. The predicted octanol–water partition coefficient (Wildman–Crippen LogP) is 2.18. The zero-order valence-electron chi connectivity index (χ0n) is 7.53. The summed E-state index contributed by atoms with van der Waals surface area (Å²) in [5.74, 6) is 1.04. The van der Waals surface area contributed by atoms with Gasteiger partial charge in [-0.3, -0.25) is 0 Å². The van der Waals surface area contributed by atoms with Crippen molar-refractivity contribution in [2.45, 2.75) is 39.0 Å². The van der Waals surface area contributed by atoms with Gasteiger partial charge in [0.1, 0.15) is 0 Å². The molecule has 0 bridgehead atoms. The second-order valence-electron chi connectivity index (χ2n) is 4.74. The van der Waals surface area contributed by atoms with Crippen molar-refractivity contribution in [3.63, 3.8) is 0 Å². The minimum absolute atomic E-state index is 0.675. The molecule has 0 atom stereocenters. The Bertz CT molecular complexity index is 134. The Morgan fingerprint density at radius 3 is 2.55 bits per heavy atom. The van der Waals surface area contributed by atoms with Gasteiger partial charge in [-0.25, -0.2) is 0 Å². The van der Waals surface area contributed by atoms with Gasteiger partial charge < -0.3 is 5.32 Å². The summed E-state index contributed by atoms with van der Waals surface area (Å²) in [6, 6.07) is 0. The molecule has 0 aromatic rings. The topological polar surface area (TPSA) is 12.0 Å². The van der Waals surface area contributed by atoms with Gasteiger partial charge in [0.05, 0.1) is 0 Å². The first-order valence-corrected chi connectivity index (χ1v) is 4.99. The first-order valence-electron chi connectivity index (χ1n) is 4.99. The molecule has 1 N–H and O–H groups in total. The fraction of sp³-hybridized carbons (Fsp3) is 1.00. The van der Waals surface area contributed by atoms with E-state index in [-0.39, 0.29) is 0 Å². The summed E-state index contributed by atoms with van der Waals surface area (Å²) in [7, 11) is 0. The third-order valence-corrected chi connectivity index (χ3v) is 3.24. The van der Waals surface area contributed by atoms with Crippen molar-refractivity contribution in [2.24, 2.45) is 11.3 Å². The third-order valence-electron chi connectivity index (χ3n) is 3.24. The molecular weight excluding hydrogens is 134 g/mol. The van der Waals surface area contributed by atoms with E-state index in [4.69, 9.17) is 0 Å². The van der Waals surface area contributed by atoms with Crippen LogP contribution in [0.15, 0.2) is 0 Å². The van der Waals surface area contributed by atoms with E-state index >= 15 is 0 Å². The SMILES string of the molecule is CC1(CNCC2CC2)CCC1. The van der Waals surface area contributed by atoms with Crippen molar-refractivity contribution in [3.05, 3.63) is 0 Å². The zero-order valence-corrected chi connectivity index (χ0v) is 7.53. The summed E-state index contributed by atoms with van der Waals surface area (Å²) in [4.78, 5) is 0. The highest BCUT2D eigenvalue weighted by Crippen LogP contribution is 2.39. The van der Waals surface area contributed by atoms with E-state index < -0.39 is 0 Å². The van der Waals surface area contributed by atoms with E-state index in [1.807, 2.05) is 0 Å². The molecular formula is C10H19N. The molecule has 64 valence electrons. The number of rotatable bonds is 4. The van der Waals surface area contributed by atoms with Crippen molar-refractivity contribution in [2.75, 3.05) is 13.1 Å². The van der Waals surface area contributed by atoms with Gasteiger partial charge in [0.2, 0.25) is 0 Å². The number of hydrogen-bond donors (Lipinski definition) is 1. The normalized spacial score (nSPS) is 28.1. The van der Waals surface area contributed by atoms with Crippen molar-refractivity contribution in [1.29, 1.82) is 0 Å². The summed E-state index contributed by atoms with van der Waals surface area (Å²) in [5, 5.41) is 3.59. The van der Waals surface area contributed by atoms with E-state index in [2.05, 4.69) is 12.2 Å². The van der Waals surface area contributed by atoms with Crippen LogP contribution in [0.3, 0.4) is 0 Å². The molecule has 0 aromatic heterocycles. The van der Waals surface area contributed by atoms with E-state index in [1.54, 1.807) is 0 Å². The first-order chi connectivity index (χ1) is 5.29. The van der Waals surface area contributed by atoms with Gasteiger partial charge in [0.15, 0.2) is 0 Å². The molecule has 1 heteroatoms. The van der Waals surface area contributed by atoms with E-state index in [0.717, 1.165) is 5.92 Å². The van der Waals surface area contributed by atoms with Gasteiger partial charge in [0.25, 0.3) is 0 Å². The highest BCUT2D eigenvalue weighted by atomic mass is 14.9. The van der Waals surface area contributed by atoms with Crippen LogP contribution in [0.4, 0.5) is 0 Å². The van der Waals surface area contributed by atoms with Crippen LogP contribution in [-0.4, -0.2) is 13.1 Å². The molecule has 0 saturated heterocycles. The van der Waals surface area contributed by atoms with E-state index in [9.17, 15) is 0 Å². The van der Waals surface area contributed by atoms with Gasteiger partial charge in [-0.2, -0.15) is 0 Å². The molecule has 1 nitrogen and oxygen atoms in total. The van der Waals surface area contributed by atoms with Crippen LogP contribution < -0.4 is 5.32 Å². The Hall–Kier alpha value is -0.0400. The van der Waals surface area contributed by atoms with Crippen LogP contribution >= 0.6 is 0 Å². The zero-order chi connectivity index (χ0) is 7.73. The van der Waals surface area contributed by atoms with Gasteiger partial charge in [0, 0.05) is 6.54 Å². The quantitative estimate of drug-likeness (QED) is 0.652. The summed E-state index contributed by atoms with van der Waals surface area (Å²) in [5.41, 5.74) is 0.675. The lowest BCUT2D eigenvalue weighted by molar-refractivity contribution is 0.156. The number of nitrogens with one attached hydrogen (secondary N) is 1. The van der Waals surface area contributed by atoms with E-state index in [1.165, 1.54) is 45.2 Å². The second kappa shape index (κ2) is 2.78. The number of hydrogen-bond acceptors (Lipinski definition) is 1. The lowest BCUT2D eigenvalue weighted by atomic mass is 9.70. The average Bonchev–Trinajstić information content (AvgIpc) is 2.68. The Morgan fingerprint density at radius 1 is 1.36 bits per heavy atom. The molecule has 2 aliphatic rings. The van der Waals surface area contributed by atoms with Crippen molar-refractivity contribution < 1.29 is 0 Å². The van der Waals surface area contributed by atoms with Crippen LogP contribution in [0.5, 0.6) is 0 Å². The molecule has 0 radical (unpaired) electrons. The van der Waals surface area contributed by atoms with Gasteiger partial charge in [-0.15, -0.1) is 0 Å². The van der Waals surface area contributed by atoms with E-state index in [0.29, 0.717) is 5.41 Å². The maximum Gasteiger partial charge on any atom is 0.000527 e. The molecule has 0 unspecified atom stereocenters. The lowest BCUT2D eigenvalue weighted by Crippen LogP contribution is -2.37. The van der Waals surface area contributed by atoms with Crippen molar-refractivity contribution in [3.8, 4) is 0 Å². The molecule has 0 heterocycles. The second-order valence-corrected chi connectivity index (χ2v) is 4.74. The molecule has 2 rings (SSSR count). The van der Waals surface area contributed by atoms with Crippen LogP contribution in [0.1, 0.15) is 39.0 Å². The smallest absolute Gasteiger partial charge is 0.000527 e. The molecule has 0 aromatic carbocycles. The minimum atomic E-state index is 0.675. The van der Waals surface area contributed by atoms with Crippen molar-refractivity contribution >= 4 is 0 Å². The van der Waals surface area contributed by atoms with Gasteiger partial charge in [-0.1, -0.05) is 13.3 Å². The molecule has 2 fully saturated rings. The Balaban J connectivity index is 1.57. The summed E-state index contributed by atoms with van der Waals surface area (Å²) < 4.78 is 0. The fourth-order valence-electron chi connectivity index (χ4n) is 1.86. The fourth-order valence-corrected chi connectivity index (χ4v) is 1.86. The highest BCUT2D eigenvalue weighted by molar-refractivity contribution is 4.86. The summed E-state index contributed by atoms with van der Waals surface area (Å²) in [6.07, 6.45) is 7.31. The molecule has 2 saturated carbocycles. The Morgan fingerprint density at radius 2 is 2.09 bits per heavy atom. The summed E-state index contributed by atoms with van der Waals surface area (Å²) in [6.45, 7) is 4.97. The third kappa shape index (κ3) is 1.96. The molecule has 0 aliphatic heterocycles. The summed E-state index contributed by atoms with van der Waals surface area (Å²) >= 11 is 0. The monoisotopic (exact) mass is 153 g/mol. The van der Waals surface area contributed by atoms with Crippen LogP contribution in [-0.2, 0) is 0 Å². The average molecular weight is 153 g/mol. The van der Waals surface area contributed by atoms with Crippen molar-refractivity contribution in [1.82, 2.24) is 5.32 Å². The molecule has 0 amide bonds. The largest absolute Gasteiger partial charge is 0.316 e. The highest BCUT2D eigenvalue weighted by Gasteiger charge is 2.31. The van der Waals surface area contributed by atoms with Crippen LogP contribution in [0.25, 0.3) is 0 Å². The first kappa shape index (κ1) is 7.60. The van der Waals surface area contributed by atoms with Gasteiger partial charge >= 0.3 is 0 Å². The molecule has 0 spiro atoms. The minimum Gasteiger partial charge on any atom is -0.316 e. The van der Waals surface area contributed by atoms with Crippen LogP contribution in [0.2, 0.25) is 0 Å². The van der Waals surface area contributed by atoms with Gasteiger partial charge in [-0.05, 0) is 43.6 Å². The standard InChI is InChI=1S/C10H19N/c1-10(5-2-6-10)8-11-7-9-3-4-9/h9,11H,2-8H2,1H3. The Labute approximate surface area is 69.6 Å². The lowest BCUT2D eigenvalue weighted by Gasteiger charge is -2.38. The van der Waals surface area contributed by atoms with Crippen LogP contribution in [0, 0.1) is 11.3 Å². The maximum absolute atomic E-state index is 3.59. The predicted molar refractivity (Wildman–Crippen MR) is 47.6 cm³/mol. The molecule has 2 aliphatic carbocycles. The molecule has 11 heavy (non-hydrogen) atoms. The Kier molecular flexibility index (Phi) is 1.92.